The first-order valence-electron chi connectivity index (χ1n) is 7.19. The van der Waals surface area contributed by atoms with E-state index >= 15 is 0 Å². The zero-order chi connectivity index (χ0) is 14.5. The smallest absolute Gasteiger partial charge is 0.161 e. The normalized spacial score (nSPS) is 13.2. The summed E-state index contributed by atoms with van der Waals surface area (Å²) in [6.07, 6.45) is 2.74. The number of benzene rings is 1. The Labute approximate surface area is 124 Å². The van der Waals surface area contributed by atoms with Crippen molar-refractivity contribution in [1.29, 1.82) is 0 Å². The Morgan fingerprint density at radius 2 is 2.00 bits per heavy atom. The van der Waals surface area contributed by atoms with Gasteiger partial charge in [0, 0.05) is 12.7 Å². The van der Waals surface area contributed by atoms with Gasteiger partial charge in [-0.3, -0.25) is 0 Å². The minimum Gasteiger partial charge on any atom is -0.486 e. The molecule has 0 amide bonds. The number of ether oxygens (including phenoxy) is 2. The van der Waals surface area contributed by atoms with Gasteiger partial charge in [0.05, 0.1) is 5.69 Å². The Kier molecular flexibility index (Phi) is 4.31. The Morgan fingerprint density at radius 3 is 2.86 bits per heavy atom. The summed E-state index contributed by atoms with van der Waals surface area (Å²) in [6, 6.07) is 8.07. The van der Waals surface area contributed by atoms with E-state index in [2.05, 4.69) is 27.4 Å². The standard InChI is InChI=1S/C16H19N3O2/c1-12-18-7-5-14(19-12)11-17-6-4-13-2-3-15-16(10-13)21-9-8-20-15/h2-3,5,7,10,17H,4,6,8-9,11H2,1H3. The summed E-state index contributed by atoms with van der Waals surface area (Å²) >= 11 is 0. The molecule has 21 heavy (non-hydrogen) atoms. The van der Waals surface area contributed by atoms with Crippen molar-refractivity contribution in [1.82, 2.24) is 15.3 Å². The van der Waals surface area contributed by atoms with E-state index < -0.39 is 0 Å². The number of aromatic nitrogens is 2. The molecule has 1 aromatic heterocycles. The van der Waals surface area contributed by atoms with E-state index in [9.17, 15) is 0 Å². The highest BCUT2D eigenvalue weighted by Gasteiger charge is 2.11. The summed E-state index contributed by atoms with van der Waals surface area (Å²) < 4.78 is 11.1. The molecule has 1 aromatic carbocycles. The van der Waals surface area contributed by atoms with Crippen LogP contribution in [0.2, 0.25) is 0 Å². The van der Waals surface area contributed by atoms with Crippen LogP contribution in [-0.4, -0.2) is 29.7 Å². The number of rotatable bonds is 5. The minimum atomic E-state index is 0.627. The van der Waals surface area contributed by atoms with Crippen molar-refractivity contribution < 1.29 is 9.47 Å². The molecule has 1 N–H and O–H groups in total. The largest absolute Gasteiger partial charge is 0.486 e. The maximum absolute atomic E-state index is 5.59. The average Bonchev–Trinajstić information content (AvgIpc) is 2.51. The highest BCUT2D eigenvalue weighted by Crippen LogP contribution is 2.30. The van der Waals surface area contributed by atoms with Crippen LogP contribution in [0.25, 0.3) is 0 Å². The molecule has 3 rings (SSSR count). The van der Waals surface area contributed by atoms with Crippen molar-refractivity contribution in [2.45, 2.75) is 19.9 Å². The molecule has 0 radical (unpaired) electrons. The fourth-order valence-corrected chi connectivity index (χ4v) is 2.30. The van der Waals surface area contributed by atoms with Gasteiger partial charge in [-0.25, -0.2) is 9.97 Å². The number of aryl methyl sites for hydroxylation is 1. The third-order valence-electron chi connectivity index (χ3n) is 3.34. The van der Waals surface area contributed by atoms with Crippen LogP contribution in [0, 0.1) is 6.92 Å². The molecule has 0 fully saturated rings. The Morgan fingerprint density at radius 1 is 1.14 bits per heavy atom. The summed E-state index contributed by atoms with van der Waals surface area (Å²) in [4.78, 5) is 8.46. The molecule has 0 bridgehead atoms. The first-order valence-corrected chi connectivity index (χ1v) is 7.19. The van der Waals surface area contributed by atoms with Gasteiger partial charge in [0.15, 0.2) is 11.5 Å². The van der Waals surface area contributed by atoms with Crippen LogP contribution in [-0.2, 0) is 13.0 Å². The topological polar surface area (TPSA) is 56.3 Å². The maximum Gasteiger partial charge on any atom is 0.161 e. The number of hydrogen-bond acceptors (Lipinski definition) is 5. The van der Waals surface area contributed by atoms with Gasteiger partial charge in [-0.15, -0.1) is 0 Å². The van der Waals surface area contributed by atoms with E-state index in [4.69, 9.17) is 9.47 Å². The lowest BCUT2D eigenvalue weighted by molar-refractivity contribution is 0.171. The lowest BCUT2D eigenvalue weighted by Gasteiger charge is -2.18. The molecule has 2 heterocycles. The van der Waals surface area contributed by atoms with Gasteiger partial charge in [0.1, 0.15) is 19.0 Å². The molecule has 0 unspecified atom stereocenters. The quantitative estimate of drug-likeness (QED) is 0.850. The molecule has 0 saturated carbocycles. The highest BCUT2D eigenvalue weighted by atomic mass is 16.6. The summed E-state index contributed by atoms with van der Waals surface area (Å²) in [6.45, 7) is 4.81. The second-order valence-corrected chi connectivity index (χ2v) is 5.00. The van der Waals surface area contributed by atoms with E-state index in [0.717, 1.165) is 42.5 Å². The molecule has 1 aliphatic rings. The lowest BCUT2D eigenvalue weighted by Crippen LogP contribution is -2.18. The molecule has 2 aromatic rings. The molecule has 0 aliphatic carbocycles. The average molecular weight is 285 g/mol. The van der Waals surface area contributed by atoms with Crippen LogP contribution in [0.5, 0.6) is 11.5 Å². The zero-order valence-electron chi connectivity index (χ0n) is 12.1. The molecule has 0 spiro atoms. The van der Waals surface area contributed by atoms with E-state index in [-0.39, 0.29) is 0 Å². The first-order chi connectivity index (χ1) is 10.3. The maximum atomic E-state index is 5.59. The molecule has 5 nitrogen and oxygen atoms in total. The van der Waals surface area contributed by atoms with Crippen LogP contribution in [0.3, 0.4) is 0 Å². The molecule has 1 aliphatic heterocycles. The van der Waals surface area contributed by atoms with E-state index in [0.29, 0.717) is 13.2 Å². The summed E-state index contributed by atoms with van der Waals surface area (Å²) in [5.74, 6) is 2.50. The van der Waals surface area contributed by atoms with Crippen molar-refractivity contribution in [2.75, 3.05) is 19.8 Å². The highest BCUT2D eigenvalue weighted by molar-refractivity contribution is 5.43. The summed E-state index contributed by atoms with van der Waals surface area (Å²) in [5, 5.41) is 3.40. The van der Waals surface area contributed by atoms with Crippen LogP contribution >= 0.6 is 0 Å². The van der Waals surface area contributed by atoms with Gasteiger partial charge in [0.2, 0.25) is 0 Å². The molecule has 0 atom stereocenters. The van der Waals surface area contributed by atoms with Gasteiger partial charge < -0.3 is 14.8 Å². The van der Waals surface area contributed by atoms with Crippen LogP contribution in [0.4, 0.5) is 0 Å². The van der Waals surface area contributed by atoms with E-state index in [1.165, 1.54) is 5.56 Å². The van der Waals surface area contributed by atoms with Crippen LogP contribution in [0.15, 0.2) is 30.5 Å². The predicted octanol–water partition coefficient (Wildman–Crippen LogP) is 1.89. The molecular weight excluding hydrogens is 266 g/mol. The summed E-state index contributed by atoms with van der Waals surface area (Å²) in [7, 11) is 0. The third kappa shape index (κ3) is 3.70. The van der Waals surface area contributed by atoms with Crippen molar-refractivity contribution >= 4 is 0 Å². The predicted molar refractivity (Wildman–Crippen MR) is 79.6 cm³/mol. The number of nitrogens with zero attached hydrogens (tertiary/aromatic N) is 2. The number of nitrogens with one attached hydrogen (secondary N) is 1. The van der Waals surface area contributed by atoms with Crippen molar-refractivity contribution in [3.63, 3.8) is 0 Å². The minimum absolute atomic E-state index is 0.627. The number of fused-ring (bicyclic) bond motifs is 1. The Balaban J connectivity index is 1.49. The number of hydrogen-bond donors (Lipinski definition) is 1. The zero-order valence-corrected chi connectivity index (χ0v) is 12.1. The van der Waals surface area contributed by atoms with Crippen molar-refractivity contribution in [2.24, 2.45) is 0 Å². The van der Waals surface area contributed by atoms with Crippen LogP contribution < -0.4 is 14.8 Å². The SMILES string of the molecule is Cc1nccc(CNCCc2ccc3c(c2)OCCO3)n1. The van der Waals surface area contributed by atoms with Crippen molar-refractivity contribution in [3.8, 4) is 11.5 Å². The third-order valence-corrected chi connectivity index (χ3v) is 3.34. The van der Waals surface area contributed by atoms with E-state index in [1.807, 2.05) is 19.1 Å². The van der Waals surface area contributed by atoms with Crippen LogP contribution in [0.1, 0.15) is 17.1 Å². The summed E-state index contributed by atoms with van der Waals surface area (Å²) in [5.41, 5.74) is 2.26. The fourth-order valence-electron chi connectivity index (χ4n) is 2.30. The second-order valence-electron chi connectivity index (χ2n) is 5.00. The monoisotopic (exact) mass is 285 g/mol. The molecule has 0 saturated heterocycles. The van der Waals surface area contributed by atoms with Gasteiger partial charge in [-0.2, -0.15) is 0 Å². The molecular formula is C16H19N3O2. The second kappa shape index (κ2) is 6.54. The van der Waals surface area contributed by atoms with Gasteiger partial charge in [-0.1, -0.05) is 6.07 Å². The van der Waals surface area contributed by atoms with Gasteiger partial charge in [-0.05, 0) is 43.7 Å². The molecule has 110 valence electrons. The van der Waals surface area contributed by atoms with Crippen molar-refractivity contribution in [3.05, 3.63) is 47.5 Å². The van der Waals surface area contributed by atoms with E-state index in [1.54, 1.807) is 6.20 Å². The lowest BCUT2D eigenvalue weighted by atomic mass is 10.1. The fraction of sp³-hybridized carbons (Fsp3) is 0.375. The molecule has 5 heteroatoms. The Hall–Kier alpha value is -2.14. The Bertz CT molecular complexity index is 616. The van der Waals surface area contributed by atoms with Gasteiger partial charge in [0.25, 0.3) is 0 Å². The first kappa shape index (κ1) is 13.8. The van der Waals surface area contributed by atoms with Gasteiger partial charge >= 0.3 is 0 Å².